The normalized spacial score (nSPS) is 17.2. The molecule has 1 heterocycles. The van der Waals surface area contributed by atoms with Crippen LogP contribution in [0.3, 0.4) is 0 Å². The maximum absolute atomic E-state index is 13.8. The summed E-state index contributed by atoms with van der Waals surface area (Å²) in [6, 6.07) is 1.87. The molecule has 0 radical (unpaired) electrons. The van der Waals surface area contributed by atoms with Crippen molar-refractivity contribution in [3.63, 3.8) is 0 Å². The second kappa shape index (κ2) is 9.62. The second-order valence-electron chi connectivity index (χ2n) is 7.37. The molecule has 2 amide bonds. The second-order valence-corrected chi connectivity index (χ2v) is 9.63. The standard InChI is InChI=1S/C19H27F2N3O4S/c1-4-29(27,28)24-10-8-13(9-11-24)22-19(26)17(12(2)3)23-18(25)16-14(20)6-5-7-15(16)21/h5-7,12-13,17H,4,8-11H2,1-3H3,(H,22,26)(H,23,25)/t17-/m0/s1. The predicted molar refractivity (Wildman–Crippen MR) is 105 cm³/mol. The van der Waals surface area contributed by atoms with Gasteiger partial charge in [0.25, 0.3) is 5.91 Å². The summed E-state index contributed by atoms with van der Waals surface area (Å²) in [5.41, 5.74) is -0.732. The lowest BCUT2D eigenvalue weighted by Crippen LogP contribution is -2.54. The summed E-state index contributed by atoms with van der Waals surface area (Å²) < 4.78 is 52.9. The fourth-order valence-corrected chi connectivity index (χ4v) is 4.35. The highest BCUT2D eigenvalue weighted by Gasteiger charge is 2.31. The van der Waals surface area contributed by atoms with Crippen LogP contribution in [0.1, 0.15) is 44.0 Å². The van der Waals surface area contributed by atoms with Gasteiger partial charge in [-0.15, -0.1) is 0 Å². The van der Waals surface area contributed by atoms with Crippen molar-refractivity contribution in [3.05, 3.63) is 35.4 Å². The highest BCUT2D eigenvalue weighted by molar-refractivity contribution is 7.89. The minimum atomic E-state index is -3.27. The van der Waals surface area contributed by atoms with Gasteiger partial charge in [-0.25, -0.2) is 21.5 Å². The predicted octanol–water partition coefficient (Wildman–Crippen LogP) is 1.65. The molecule has 0 aliphatic carbocycles. The van der Waals surface area contributed by atoms with Crippen LogP contribution in [0.4, 0.5) is 8.78 Å². The Balaban J connectivity index is 2.01. The number of benzene rings is 1. The van der Waals surface area contributed by atoms with Crippen molar-refractivity contribution in [1.82, 2.24) is 14.9 Å². The van der Waals surface area contributed by atoms with Crippen LogP contribution in [0, 0.1) is 17.6 Å². The summed E-state index contributed by atoms with van der Waals surface area (Å²) in [5.74, 6) is -3.78. The zero-order valence-corrected chi connectivity index (χ0v) is 17.6. The lowest BCUT2D eigenvalue weighted by molar-refractivity contribution is -0.124. The van der Waals surface area contributed by atoms with Crippen molar-refractivity contribution in [2.24, 2.45) is 5.92 Å². The molecule has 0 saturated carbocycles. The quantitative estimate of drug-likeness (QED) is 0.686. The number of piperidine rings is 1. The van der Waals surface area contributed by atoms with E-state index in [-0.39, 0.29) is 17.7 Å². The molecule has 162 valence electrons. The Hall–Kier alpha value is -2.07. The Morgan fingerprint density at radius 1 is 1.17 bits per heavy atom. The van der Waals surface area contributed by atoms with Crippen LogP contribution >= 0.6 is 0 Å². The summed E-state index contributed by atoms with van der Waals surface area (Å²) in [6.45, 7) is 5.61. The Morgan fingerprint density at radius 3 is 2.21 bits per heavy atom. The van der Waals surface area contributed by atoms with Gasteiger partial charge >= 0.3 is 0 Å². The van der Waals surface area contributed by atoms with Gasteiger partial charge in [0, 0.05) is 19.1 Å². The van der Waals surface area contributed by atoms with Crippen molar-refractivity contribution in [2.45, 2.75) is 45.7 Å². The zero-order valence-electron chi connectivity index (χ0n) is 16.7. The van der Waals surface area contributed by atoms with E-state index in [1.807, 2.05) is 0 Å². The third kappa shape index (κ3) is 5.72. The third-order valence-electron chi connectivity index (χ3n) is 4.98. The van der Waals surface area contributed by atoms with E-state index < -0.39 is 45.1 Å². The average molecular weight is 432 g/mol. The summed E-state index contributed by atoms with van der Waals surface area (Å²) >= 11 is 0. The molecule has 29 heavy (non-hydrogen) atoms. The van der Waals surface area contributed by atoms with E-state index in [2.05, 4.69) is 10.6 Å². The smallest absolute Gasteiger partial charge is 0.257 e. The van der Waals surface area contributed by atoms with E-state index in [0.29, 0.717) is 25.9 Å². The number of hydrogen-bond acceptors (Lipinski definition) is 4. The molecule has 10 heteroatoms. The molecule has 1 fully saturated rings. The fourth-order valence-electron chi connectivity index (χ4n) is 3.21. The van der Waals surface area contributed by atoms with Crippen LogP contribution in [-0.2, 0) is 14.8 Å². The first-order chi connectivity index (χ1) is 13.6. The molecule has 7 nitrogen and oxygen atoms in total. The van der Waals surface area contributed by atoms with Gasteiger partial charge in [0.15, 0.2) is 0 Å². The van der Waals surface area contributed by atoms with Crippen molar-refractivity contribution in [3.8, 4) is 0 Å². The third-order valence-corrected chi connectivity index (χ3v) is 6.87. The molecule has 2 rings (SSSR count). The van der Waals surface area contributed by atoms with Crippen LogP contribution < -0.4 is 10.6 Å². The molecule has 0 spiro atoms. The van der Waals surface area contributed by atoms with Gasteiger partial charge in [-0.1, -0.05) is 19.9 Å². The molecule has 1 aromatic carbocycles. The molecule has 0 unspecified atom stereocenters. The van der Waals surface area contributed by atoms with Gasteiger partial charge in [-0.3, -0.25) is 9.59 Å². The molecule has 1 aliphatic rings. The summed E-state index contributed by atoms with van der Waals surface area (Å²) in [4.78, 5) is 25.0. The van der Waals surface area contributed by atoms with E-state index in [1.54, 1.807) is 20.8 Å². The topological polar surface area (TPSA) is 95.6 Å². The van der Waals surface area contributed by atoms with Crippen molar-refractivity contribution in [1.29, 1.82) is 0 Å². The zero-order chi connectivity index (χ0) is 21.8. The molecular weight excluding hydrogens is 404 g/mol. The molecular formula is C19H27F2N3O4S. The lowest BCUT2D eigenvalue weighted by Gasteiger charge is -2.32. The molecule has 1 saturated heterocycles. The number of rotatable bonds is 7. The Morgan fingerprint density at radius 2 is 1.72 bits per heavy atom. The molecule has 0 aromatic heterocycles. The molecule has 1 atom stereocenters. The van der Waals surface area contributed by atoms with Crippen molar-refractivity contribution >= 4 is 21.8 Å². The van der Waals surface area contributed by atoms with Crippen LogP contribution in [0.15, 0.2) is 18.2 Å². The minimum absolute atomic E-state index is 0.0259. The van der Waals surface area contributed by atoms with Crippen LogP contribution in [0.2, 0.25) is 0 Å². The first-order valence-corrected chi connectivity index (χ1v) is 11.2. The number of sulfonamides is 1. The number of carbonyl (C=O) groups is 2. The number of carbonyl (C=O) groups excluding carboxylic acids is 2. The minimum Gasteiger partial charge on any atom is -0.351 e. The highest BCUT2D eigenvalue weighted by Crippen LogP contribution is 2.16. The molecule has 1 aromatic rings. The van der Waals surface area contributed by atoms with Gasteiger partial charge in [0.2, 0.25) is 15.9 Å². The Kier molecular flexibility index (Phi) is 7.70. The number of halogens is 2. The fraction of sp³-hybridized carbons (Fsp3) is 0.579. The largest absolute Gasteiger partial charge is 0.351 e. The SMILES string of the molecule is CCS(=O)(=O)N1CCC(NC(=O)[C@@H](NC(=O)c2c(F)cccc2F)C(C)C)CC1. The number of amides is 2. The maximum Gasteiger partial charge on any atom is 0.257 e. The van der Waals surface area contributed by atoms with Crippen LogP contribution in [0.25, 0.3) is 0 Å². The highest BCUT2D eigenvalue weighted by atomic mass is 32.2. The van der Waals surface area contributed by atoms with Gasteiger partial charge in [0.05, 0.1) is 5.75 Å². The first-order valence-electron chi connectivity index (χ1n) is 9.59. The van der Waals surface area contributed by atoms with E-state index in [9.17, 15) is 26.8 Å². The number of nitrogens with zero attached hydrogens (tertiary/aromatic N) is 1. The number of hydrogen-bond donors (Lipinski definition) is 2. The average Bonchev–Trinajstić information content (AvgIpc) is 2.66. The monoisotopic (exact) mass is 431 g/mol. The van der Waals surface area contributed by atoms with E-state index >= 15 is 0 Å². The molecule has 0 bridgehead atoms. The van der Waals surface area contributed by atoms with Crippen molar-refractivity contribution in [2.75, 3.05) is 18.8 Å². The Bertz CT molecular complexity index is 833. The van der Waals surface area contributed by atoms with Gasteiger partial charge in [-0.2, -0.15) is 0 Å². The summed E-state index contributed by atoms with van der Waals surface area (Å²) in [6.07, 6.45) is 0.900. The van der Waals surface area contributed by atoms with Gasteiger partial charge in [0.1, 0.15) is 23.2 Å². The number of nitrogens with one attached hydrogen (secondary N) is 2. The molecule has 2 N–H and O–H groups in total. The van der Waals surface area contributed by atoms with E-state index in [1.165, 1.54) is 4.31 Å². The van der Waals surface area contributed by atoms with Crippen molar-refractivity contribution < 1.29 is 26.8 Å². The van der Waals surface area contributed by atoms with Crippen LogP contribution in [0.5, 0.6) is 0 Å². The Labute approximate surface area is 169 Å². The summed E-state index contributed by atoms with van der Waals surface area (Å²) in [7, 11) is -3.27. The lowest BCUT2D eigenvalue weighted by atomic mass is 10.0. The first kappa shape index (κ1) is 23.2. The van der Waals surface area contributed by atoms with Crippen LogP contribution in [-0.4, -0.2) is 55.5 Å². The summed E-state index contributed by atoms with van der Waals surface area (Å²) in [5, 5.41) is 5.22. The maximum atomic E-state index is 13.8. The molecule has 1 aliphatic heterocycles. The van der Waals surface area contributed by atoms with Gasteiger partial charge < -0.3 is 10.6 Å². The van der Waals surface area contributed by atoms with Gasteiger partial charge in [-0.05, 0) is 37.8 Å². The van der Waals surface area contributed by atoms with E-state index in [0.717, 1.165) is 18.2 Å². The van der Waals surface area contributed by atoms with E-state index in [4.69, 9.17) is 0 Å².